The van der Waals surface area contributed by atoms with Crippen molar-refractivity contribution >= 4 is 34.9 Å². The second kappa shape index (κ2) is 8.48. The Balaban J connectivity index is 1.69. The van der Waals surface area contributed by atoms with Crippen molar-refractivity contribution in [1.82, 2.24) is 10.3 Å². The number of nitrogens with zero attached hydrogens (tertiary/aromatic N) is 3. The van der Waals surface area contributed by atoms with Gasteiger partial charge in [-0.05, 0) is 24.3 Å². The third-order valence-corrected chi connectivity index (χ3v) is 4.91. The molecular weight excluding hydrogens is 380 g/mol. The highest BCUT2D eigenvalue weighted by atomic mass is 35.5. The molecule has 7 nitrogen and oxygen atoms in total. The first-order valence-corrected chi connectivity index (χ1v) is 9.31. The van der Waals surface area contributed by atoms with Gasteiger partial charge in [-0.2, -0.15) is 0 Å². The van der Waals surface area contributed by atoms with E-state index in [4.69, 9.17) is 16.3 Å². The minimum Gasteiger partial charge on any atom is -0.495 e. The van der Waals surface area contributed by atoms with Crippen molar-refractivity contribution < 1.29 is 14.3 Å². The van der Waals surface area contributed by atoms with Gasteiger partial charge in [0.25, 0.3) is 0 Å². The summed E-state index contributed by atoms with van der Waals surface area (Å²) < 4.78 is 5.33. The highest BCUT2D eigenvalue weighted by Crippen LogP contribution is 2.35. The van der Waals surface area contributed by atoms with Crippen LogP contribution in [0.2, 0.25) is 5.02 Å². The van der Waals surface area contributed by atoms with E-state index in [1.54, 1.807) is 29.3 Å². The lowest BCUT2D eigenvalue weighted by Gasteiger charge is -2.20. The number of nitrogens with one attached hydrogen (secondary N) is 1. The Bertz CT molecular complexity index is 888. The summed E-state index contributed by atoms with van der Waals surface area (Å²) in [7, 11) is 5.34. The average molecular weight is 403 g/mol. The molecule has 2 aromatic rings. The first-order valence-electron chi connectivity index (χ1n) is 8.93. The summed E-state index contributed by atoms with van der Waals surface area (Å²) in [5, 5.41) is 3.43. The number of ether oxygens (including phenoxy) is 1. The molecule has 1 atom stereocenters. The zero-order valence-electron chi connectivity index (χ0n) is 16.1. The molecule has 1 aromatic heterocycles. The molecule has 1 aromatic carbocycles. The SMILES string of the molecule is COc1ccc(Cl)cc1N1CC(C(=O)NCc2cccnc2N(C)C)CC1=O. The maximum Gasteiger partial charge on any atom is 0.227 e. The van der Waals surface area contributed by atoms with E-state index in [-0.39, 0.29) is 24.8 Å². The summed E-state index contributed by atoms with van der Waals surface area (Å²) >= 11 is 6.07. The molecule has 0 bridgehead atoms. The van der Waals surface area contributed by atoms with Crippen LogP contribution in [-0.2, 0) is 16.1 Å². The van der Waals surface area contributed by atoms with Crippen molar-refractivity contribution in [3.63, 3.8) is 0 Å². The molecule has 148 valence electrons. The van der Waals surface area contributed by atoms with E-state index in [9.17, 15) is 9.59 Å². The third kappa shape index (κ3) is 4.20. The predicted octanol–water partition coefficient (Wildman–Crippen LogP) is 2.48. The van der Waals surface area contributed by atoms with Crippen molar-refractivity contribution in [2.45, 2.75) is 13.0 Å². The first-order chi connectivity index (χ1) is 13.4. The number of hydrogen-bond acceptors (Lipinski definition) is 5. The Kier molecular flexibility index (Phi) is 6.04. The van der Waals surface area contributed by atoms with Crippen molar-refractivity contribution in [3.05, 3.63) is 47.1 Å². The maximum absolute atomic E-state index is 12.7. The standard InChI is InChI=1S/C20H23ClN4O3/c1-24(2)19-13(5-4-8-22-19)11-23-20(27)14-9-18(26)25(12-14)16-10-15(21)6-7-17(16)28-3/h4-8,10,14H,9,11-12H2,1-3H3,(H,23,27). The first kappa shape index (κ1) is 19.9. The Morgan fingerprint density at radius 2 is 2.18 bits per heavy atom. The van der Waals surface area contributed by atoms with Crippen LogP contribution in [0, 0.1) is 5.92 Å². The van der Waals surface area contributed by atoms with Crippen molar-refractivity contribution in [3.8, 4) is 5.75 Å². The van der Waals surface area contributed by atoms with Gasteiger partial charge >= 0.3 is 0 Å². The maximum atomic E-state index is 12.7. The van der Waals surface area contributed by atoms with Crippen LogP contribution in [0.25, 0.3) is 0 Å². The van der Waals surface area contributed by atoms with Crippen LogP contribution in [0.1, 0.15) is 12.0 Å². The molecule has 3 rings (SSSR count). The van der Waals surface area contributed by atoms with Crippen molar-refractivity contribution in [2.24, 2.45) is 5.92 Å². The molecule has 1 saturated heterocycles. The zero-order valence-corrected chi connectivity index (χ0v) is 16.9. The van der Waals surface area contributed by atoms with Gasteiger partial charge in [-0.3, -0.25) is 9.59 Å². The van der Waals surface area contributed by atoms with E-state index < -0.39 is 5.92 Å². The second-order valence-electron chi connectivity index (χ2n) is 6.82. The average Bonchev–Trinajstić information content (AvgIpc) is 3.07. The summed E-state index contributed by atoms with van der Waals surface area (Å²) in [6.07, 6.45) is 1.86. The fourth-order valence-corrected chi connectivity index (χ4v) is 3.45. The Hall–Kier alpha value is -2.80. The molecule has 1 aliphatic rings. The monoisotopic (exact) mass is 402 g/mol. The number of pyridine rings is 1. The number of anilines is 2. The van der Waals surface area contributed by atoms with Gasteiger partial charge in [0.1, 0.15) is 11.6 Å². The molecule has 1 unspecified atom stereocenters. The quantitative estimate of drug-likeness (QED) is 0.803. The number of aromatic nitrogens is 1. The fraction of sp³-hybridized carbons (Fsp3) is 0.350. The van der Waals surface area contributed by atoms with E-state index in [0.29, 0.717) is 23.0 Å². The van der Waals surface area contributed by atoms with Gasteiger partial charge < -0.3 is 19.9 Å². The van der Waals surface area contributed by atoms with Crippen LogP contribution in [0.5, 0.6) is 5.75 Å². The molecule has 8 heteroatoms. The minimum absolute atomic E-state index is 0.129. The number of benzene rings is 1. The lowest BCUT2D eigenvalue weighted by atomic mass is 10.1. The van der Waals surface area contributed by atoms with Crippen LogP contribution >= 0.6 is 11.6 Å². The molecule has 2 heterocycles. The third-order valence-electron chi connectivity index (χ3n) is 4.67. The molecule has 0 radical (unpaired) electrons. The highest BCUT2D eigenvalue weighted by molar-refractivity contribution is 6.31. The number of carbonyl (C=O) groups excluding carboxylic acids is 2. The van der Waals surface area contributed by atoms with Gasteiger partial charge in [-0.1, -0.05) is 17.7 Å². The van der Waals surface area contributed by atoms with Gasteiger partial charge in [0.2, 0.25) is 11.8 Å². The Morgan fingerprint density at radius 3 is 2.89 bits per heavy atom. The molecule has 0 spiro atoms. The van der Waals surface area contributed by atoms with Crippen molar-refractivity contribution in [2.75, 3.05) is 37.5 Å². The lowest BCUT2D eigenvalue weighted by molar-refractivity contribution is -0.126. The lowest BCUT2D eigenvalue weighted by Crippen LogP contribution is -2.33. The van der Waals surface area contributed by atoms with Crippen LogP contribution in [-0.4, -0.2) is 44.5 Å². The number of amides is 2. The smallest absolute Gasteiger partial charge is 0.227 e. The van der Waals surface area contributed by atoms with E-state index in [1.807, 2.05) is 31.1 Å². The van der Waals surface area contributed by atoms with Crippen LogP contribution in [0.4, 0.5) is 11.5 Å². The Labute approximate surface area is 169 Å². The topological polar surface area (TPSA) is 74.8 Å². The van der Waals surface area contributed by atoms with Crippen LogP contribution in [0.15, 0.2) is 36.5 Å². The molecule has 0 aliphatic carbocycles. The number of halogens is 1. The molecule has 28 heavy (non-hydrogen) atoms. The van der Waals surface area contributed by atoms with Crippen LogP contribution < -0.4 is 19.9 Å². The molecule has 1 fully saturated rings. The van der Waals surface area contributed by atoms with E-state index in [0.717, 1.165) is 11.4 Å². The van der Waals surface area contributed by atoms with Gasteiger partial charge in [-0.15, -0.1) is 0 Å². The number of carbonyl (C=O) groups is 2. The van der Waals surface area contributed by atoms with Gasteiger partial charge in [0.05, 0.1) is 18.7 Å². The molecule has 0 saturated carbocycles. The molecular formula is C20H23ClN4O3. The van der Waals surface area contributed by atoms with E-state index >= 15 is 0 Å². The van der Waals surface area contributed by atoms with Crippen LogP contribution in [0.3, 0.4) is 0 Å². The summed E-state index contributed by atoms with van der Waals surface area (Å²) in [5.41, 5.74) is 1.50. The van der Waals surface area contributed by atoms with E-state index in [1.165, 1.54) is 7.11 Å². The molecule has 1 aliphatic heterocycles. The molecule has 2 amide bonds. The largest absolute Gasteiger partial charge is 0.495 e. The van der Waals surface area contributed by atoms with Gasteiger partial charge in [0, 0.05) is 50.4 Å². The normalized spacial score (nSPS) is 16.2. The van der Waals surface area contributed by atoms with Crippen molar-refractivity contribution in [1.29, 1.82) is 0 Å². The van der Waals surface area contributed by atoms with Gasteiger partial charge in [-0.25, -0.2) is 4.98 Å². The minimum atomic E-state index is -0.435. The number of methoxy groups -OCH3 is 1. The van der Waals surface area contributed by atoms with E-state index in [2.05, 4.69) is 10.3 Å². The number of rotatable bonds is 6. The fourth-order valence-electron chi connectivity index (χ4n) is 3.29. The highest BCUT2D eigenvalue weighted by Gasteiger charge is 2.36. The Morgan fingerprint density at radius 1 is 1.39 bits per heavy atom. The summed E-state index contributed by atoms with van der Waals surface area (Å²) in [6.45, 7) is 0.639. The molecule has 1 N–H and O–H groups in total. The van der Waals surface area contributed by atoms with Gasteiger partial charge in [0.15, 0.2) is 0 Å². The predicted molar refractivity (Wildman–Crippen MR) is 109 cm³/mol. The summed E-state index contributed by atoms with van der Waals surface area (Å²) in [6, 6.07) is 8.85. The number of hydrogen-bond donors (Lipinski definition) is 1. The summed E-state index contributed by atoms with van der Waals surface area (Å²) in [5.74, 6) is 0.623. The summed E-state index contributed by atoms with van der Waals surface area (Å²) in [4.78, 5) is 33.0. The zero-order chi connectivity index (χ0) is 20.3. The second-order valence-corrected chi connectivity index (χ2v) is 7.26.